The van der Waals surface area contributed by atoms with Crippen molar-refractivity contribution in [3.63, 3.8) is 0 Å². The quantitative estimate of drug-likeness (QED) is 0.615. The molecular formula is C14H26O2. The third-order valence-electron chi connectivity index (χ3n) is 3.42. The van der Waals surface area contributed by atoms with Crippen LogP contribution < -0.4 is 0 Å². The number of allylic oxidation sites excluding steroid dienone is 1. The van der Waals surface area contributed by atoms with Gasteiger partial charge in [0.05, 0.1) is 12.7 Å². The van der Waals surface area contributed by atoms with Crippen molar-refractivity contribution in [2.75, 3.05) is 13.4 Å². The first-order valence-corrected chi connectivity index (χ1v) is 6.63. The van der Waals surface area contributed by atoms with E-state index in [4.69, 9.17) is 9.47 Å². The van der Waals surface area contributed by atoms with Crippen LogP contribution >= 0.6 is 0 Å². The van der Waals surface area contributed by atoms with Gasteiger partial charge in [-0.25, -0.2) is 0 Å². The molecule has 1 aliphatic heterocycles. The number of hydrogen-bond donors (Lipinski definition) is 0. The summed E-state index contributed by atoms with van der Waals surface area (Å²) in [5, 5.41) is 0. The third-order valence-corrected chi connectivity index (χ3v) is 3.42. The van der Waals surface area contributed by atoms with Gasteiger partial charge in [0.15, 0.2) is 0 Å². The summed E-state index contributed by atoms with van der Waals surface area (Å²) >= 11 is 0. The summed E-state index contributed by atoms with van der Waals surface area (Å²) < 4.78 is 10.6. The van der Waals surface area contributed by atoms with Gasteiger partial charge in [-0.15, -0.1) is 0 Å². The molecule has 1 aliphatic rings. The van der Waals surface area contributed by atoms with E-state index in [1.807, 2.05) is 0 Å². The monoisotopic (exact) mass is 226 g/mol. The van der Waals surface area contributed by atoms with E-state index < -0.39 is 0 Å². The third kappa shape index (κ3) is 4.67. The first kappa shape index (κ1) is 13.7. The van der Waals surface area contributed by atoms with Crippen molar-refractivity contribution in [3.05, 3.63) is 12.2 Å². The van der Waals surface area contributed by atoms with E-state index in [9.17, 15) is 0 Å². The van der Waals surface area contributed by atoms with Crippen LogP contribution in [0, 0.1) is 11.8 Å². The second-order valence-electron chi connectivity index (χ2n) is 4.78. The van der Waals surface area contributed by atoms with Gasteiger partial charge in [-0.1, -0.05) is 45.8 Å². The molecular weight excluding hydrogens is 200 g/mol. The van der Waals surface area contributed by atoms with E-state index in [1.54, 1.807) is 0 Å². The lowest BCUT2D eigenvalue weighted by Gasteiger charge is -2.18. The standard InChI is InChI=1S/C14H26O2/c1-4-7-12(3)13(5-2)8-6-9-14-10-15-11-16-14/h6,8,12-14H,4-5,7,9-11H2,1-3H3/b8-6-/t12-,13+,14-/m0/s1. The molecule has 0 saturated carbocycles. The Hall–Kier alpha value is -0.340. The Morgan fingerprint density at radius 3 is 2.75 bits per heavy atom. The summed E-state index contributed by atoms with van der Waals surface area (Å²) in [6.07, 6.45) is 9.78. The molecule has 0 amide bonds. The van der Waals surface area contributed by atoms with Gasteiger partial charge in [0, 0.05) is 0 Å². The highest BCUT2D eigenvalue weighted by molar-refractivity contribution is 4.92. The van der Waals surface area contributed by atoms with Gasteiger partial charge < -0.3 is 9.47 Å². The van der Waals surface area contributed by atoms with Gasteiger partial charge in [-0.2, -0.15) is 0 Å². The summed E-state index contributed by atoms with van der Waals surface area (Å²) in [6, 6.07) is 0. The van der Waals surface area contributed by atoms with Gasteiger partial charge in [0.1, 0.15) is 6.79 Å². The average molecular weight is 226 g/mol. The molecule has 0 aromatic heterocycles. The molecule has 0 unspecified atom stereocenters. The van der Waals surface area contributed by atoms with Crippen LogP contribution in [0.25, 0.3) is 0 Å². The first-order valence-electron chi connectivity index (χ1n) is 6.63. The average Bonchev–Trinajstić information content (AvgIpc) is 2.77. The zero-order chi connectivity index (χ0) is 11.8. The summed E-state index contributed by atoms with van der Waals surface area (Å²) in [5.41, 5.74) is 0. The maximum absolute atomic E-state index is 5.40. The summed E-state index contributed by atoms with van der Waals surface area (Å²) in [4.78, 5) is 0. The molecule has 0 aliphatic carbocycles. The van der Waals surface area contributed by atoms with Crippen LogP contribution in [0.3, 0.4) is 0 Å². The van der Waals surface area contributed by atoms with Gasteiger partial charge >= 0.3 is 0 Å². The lowest BCUT2D eigenvalue weighted by molar-refractivity contribution is 0.0476. The van der Waals surface area contributed by atoms with E-state index in [0.717, 1.165) is 24.9 Å². The SMILES string of the molecule is CCC[C@H](C)[C@@H](/C=C\C[C@H]1COCO1)CC. The Morgan fingerprint density at radius 1 is 1.38 bits per heavy atom. The van der Waals surface area contributed by atoms with Crippen molar-refractivity contribution < 1.29 is 9.47 Å². The maximum Gasteiger partial charge on any atom is 0.147 e. The van der Waals surface area contributed by atoms with Crippen molar-refractivity contribution in [2.24, 2.45) is 11.8 Å². The zero-order valence-corrected chi connectivity index (χ0v) is 10.9. The Kier molecular flexibility index (Phi) is 6.74. The van der Waals surface area contributed by atoms with Crippen molar-refractivity contribution in [2.45, 2.75) is 52.6 Å². The predicted molar refractivity (Wildman–Crippen MR) is 67.3 cm³/mol. The maximum atomic E-state index is 5.40. The van der Waals surface area contributed by atoms with Crippen LogP contribution in [0.2, 0.25) is 0 Å². The van der Waals surface area contributed by atoms with Gasteiger partial charge in [-0.3, -0.25) is 0 Å². The van der Waals surface area contributed by atoms with Crippen LogP contribution in [-0.2, 0) is 9.47 Å². The van der Waals surface area contributed by atoms with Gasteiger partial charge in [-0.05, 0) is 24.7 Å². The molecule has 1 fully saturated rings. The van der Waals surface area contributed by atoms with Crippen LogP contribution in [0.4, 0.5) is 0 Å². The Morgan fingerprint density at radius 2 is 2.19 bits per heavy atom. The molecule has 0 spiro atoms. The molecule has 3 atom stereocenters. The highest BCUT2D eigenvalue weighted by Gasteiger charge is 2.15. The number of ether oxygens (including phenoxy) is 2. The highest BCUT2D eigenvalue weighted by Crippen LogP contribution is 2.22. The Balaban J connectivity index is 2.27. The van der Waals surface area contributed by atoms with Crippen LogP contribution in [0.1, 0.15) is 46.5 Å². The van der Waals surface area contributed by atoms with E-state index >= 15 is 0 Å². The second-order valence-corrected chi connectivity index (χ2v) is 4.78. The molecule has 0 bridgehead atoms. The molecule has 0 N–H and O–H groups in total. The molecule has 1 saturated heterocycles. The van der Waals surface area contributed by atoms with Crippen LogP contribution in [0.15, 0.2) is 12.2 Å². The molecule has 0 radical (unpaired) electrons. The van der Waals surface area contributed by atoms with E-state index in [-0.39, 0.29) is 6.10 Å². The second kappa shape index (κ2) is 7.86. The lowest BCUT2D eigenvalue weighted by atomic mass is 9.87. The summed E-state index contributed by atoms with van der Waals surface area (Å²) in [7, 11) is 0. The van der Waals surface area contributed by atoms with Gasteiger partial charge in [0.25, 0.3) is 0 Å². The molecule has 2 heteroatoms. The normalized spacial score (nSPS) is 25.1. The van der Waals surface area contributed by atoms with E-state index in [1.165, 1.54) is 19.3 Å². The smallest absolute Gasteiger partial charge is 0.147 e. The summed E-state index contributed by atoms with van der Waals surface area (Å²) in [6.45, 7) is 8.12. The van der Waals surface area contributed by atoms with Crippen LogP contribution in [0.5, 0.6) is 0 Å². The van der Waals surface area contributed by atoms with Crippen molar-refractivity contribution in [1.82, 2.24) is 0 Å². The fourth-order valence-electron chi connectivity index (χ4n) is 2.31. The number of rotatable bonds is 7. The van der Waals surface area contributed by atoms with Crippen LogP contribution in [-0.4, -0.2) is 19.5 Å². The minimum Gasteiger partial charge on any atom is -0.353 e. The molecule has 1 rings (SSSR count). The van der Waals surface area contributed by atoms with Crippen molar-refractivity contribution in [3.8, 4) is 0 Å². The van der Waals surface area contributed by atoms with Crippen molar-refractivity contribution >= 4 is 0 Å². The highest BCUT2D eigenvalue weighted by atomic mass is 16.7. The minimum absolute atomic E-state index is 0.287. The molecule has 1 heterocycles. The Bertz CT molecular complexity index is 195. The molecule has 16 heavy (non-hydrogen) atoms. The van der Waals surface area contributed by atoms with Crippen molar-refractivity contribution in [1.29, 1.82) is 0 Å². The molecule has 0 aromatic rings. The minimum atomic E-state index is 0.287. The first-order chi connectivity index (χ1) is 7.77. The fraction of sp³-hybridized carbons (Fsp3) is 0.857. The molecule has 94 valence electrons. The molecule has 2 nitrogen and oxygen atoms in total. The Labute approximate surface area is 100 Å². The largest absolute Gasteiger partial charge is 0.353 e. The number of hydrogen-bond acceptors (Lipinski definition) is 2. The fourth-order valence-corrected chi connectivity index (χ4v) is 2.31. The topological polar surface area (TPSA) is 18.5 Å². The van der Waals surface area contributed by atoms with Gasteiger partial charge in [0.2, 0.25) is 0 Å². The predicted octanol–water partition coefficient (Wildman–Crippen LogP) is 3.77. The van der Waals surface area contributed by atoms with E-state index in [0.29, 0.717) is 6.79 Å². The lowest BCUT2D eigenvalue weighted by Crippen LogP contribution is -2.10. The molecule has 0 aromatic carbocycles. The van der Waals surface area contributed by atoms with E-state index in [2.05, 4.69) is 32.9 Å². The summed E-state index contributed by atoms with van der Waals surface area (Å²) in [5.74, 6) is 1.52. The zero-order valence-electron chi connectivity index (χ0n) is 10.9.